The molecular weight excluding hydrogens is 701 g/mol. The minimum Gasteiger partial charge on any atom is -0.490 e. The second kappa shape index (κ2) is 16.5. The number of aromatic nitrogens is 7. The second-order valence-electron chi connectivity index (χ2n) is 9.04. The normalized spacial score (nSPS) is 9.79. The number of rotatable bonds is 6. The number of nitrogens with zero attached hydrogens (tertiary/aromatic N) is 7. The molecule has 42 heavy (non-hydrogen) atoms. The third-order valence-electron chi connectivity index (χ3n) is 5.61. The zero-order valence-electron chi connectivity index (χ0n) is 23.8. The first-order valence-corrected chi connectivity index (χ1v) is 13.1. The number of hydrogen-bond acceptors (Lipinski definition) is 6. The van der Waals surface area contributed by atoms with Crippen molar-refractivity contribution in [2.75, 3.05) is 6.61 Å². The molecule has 1 radical (unpaired) electrons. The van der Waals surface area contributed by atoms with Crippen LogP contribution in [-0.2, 0) is 19.8 Å². The van der Waals surface area contributed by atoms with Gasteiger partial charge < -0.3 is 9.72 Å². The van der Waals surface area contributed by atoms with E-state index in [1.807, 2.05) is 86.9 Å². The summed E-state index contributed by atoms with van der Waals surface area (Å²) in [5, 5.41) is 8.16. The van der Waals surface area contributed by atoms with E-state index in [0.29, 0.717) is 6.61 Å². The molecular formula is C33H32N7OOs. The first kappa shape index (κ1) is 31.8. The van der Waals surface area contributed by atoms with Crippen LogP contribution in [0.4, 0.5) is 0 Å². The first-order chi connectivity index (χ1) is 20.0. The summed E-state index contributed by atoms with van der Waals surface area (Å²) in [5.74, 6) is 2.52. The van der Waals surface area contributed by atoms with E-state index in [1.54, 1.807) is 46.4 Å². The zero-order chi connectivity index (χ0) is 28.9. The molecule has 0 amide bonds. The van der Waals surface area contributed by atoms with Gasteiger partial charge >= 0.3 is 19.8 Å². The van der Waals surface area contributed by atoms with Crippen molar-refractivity contribution in [1.29, 1.82) is 0 Å². The van der Waals surface area contributed by atoms with Crippen molar-refractivity contribution < 1.29 is 24.5 Å². The van der Waals surface area contributed by atoms with E-state index in [9.17, 15) is 0 Å². The van der Waals surface area contributed by atoms with Crippen LogP contribution >= 0.6 is 0 Å². The summed E-state index contributed by atoms with van der Waals surface area (Å²) in [6.07, 6.45) is 14.3. The molecule has 0 aliphatic heterocycles. The molecule has 5 aromatic heterocycles. The van der Waals surface area contributed by atoms with E-state index in [-0.39, 0.29) is 19.8 Å². The molecule has 0 unspecified atom stereocenters. The molecule has 0 atom stereocenters. The van der Waals surface area contributed by atoms with Crippen LogP contribution in [0.15, 0.2) is 123 Å². The summed E-state index contributed by atoms with van der Waals surface area (Å²) in [6.45, 7) is 10.2. The van der Waals surface area contributed by atoms with E-state index >= 15 is 0 Å². The van der Waals surface area contributed by atoms with Gasteiger partial charge in [0.05, 0.1) is 0 Å². The van der Waals surface area contributed by atoms with Gasteiger partial charge in [-0.3, -0.25) is 0 Å². The average molecular weight is 733 g/mol. The van der Waals surface area contributed by atoms with Gasteiger partial charge in [-0.05, 0) is 79.2 Å². The van der Waals surface area contributed by atoms with E-state index < -0.39 is 0 Å². The maximum Gasteiger partial charge on any atom is 1.00 e. The number of aryl methyl sites for hydroxylation is 3. The molecule has 0 aliphatic carbocycles. The van der Waals surface area contributed by atoms with Crippen LogP contribution in [0.5, 0.6) is 5.75 Å². The van der Waals surface area contributed by atoms with E-state index in [1.165, 1.54) is 16.7 Å². The quantitative estimate of drug-likeness (QED) is 0.142. The van der Waals surface area contributed by atoms with Crippen LogP contribution in [0.1, 0.15) is 16.7 Å². The topological polar surface area (TPSA) is 83.5 Å². The minimum atomic E-state index is 0. The molecule has 0 aliphatic rings. The smallest absolute Gasteiger partial charge is 0.490 e. The summed E-state index contributed by atoms with van der Waals surface area (Å²) in [6, 6.07) is 24.6. The monoisotopic (exact) mass is 734 g/mol. The van der Waals surface area contributed by atoms with Gasteiger partial charge in [0.25, 0.3) is 0 Å². The fraction of sp³-hybridized carbons (Fsp3) is 0.121. The molecule has 0 saturated carbocycles. The Morgan fingerprint density at radius 3 is 1.81 bits per heavy atom. The van der Waals surface area contributed by atoms with E-state index in [2.05, 4.69) is 50.8 Å². The molecule has 1 aromatic carbocycles. The van der Waals surface area contributed by atoms with Crippen molar-refractivity contribution in [2.24, 2.45) is 0 Å². The second-order valence-corrected chi connectivity index (χ2v) is 9.04. The molecule has 0 fully saturated rings. The van der Waals surface area contributed by atoms with Crippen LogP contribution in [0.2, 0.25) is 0 Å². The maximum atomic E-state index is 5.48. The molecule has 6 rings (SSSR count). The Labute approximate surface area is 259 Å². The molecule has 0 saturated heterocycles. The molecule has 213 valence electrons. The predicted molar refractivity (Wildman–Crippen MR) is 161 cm³/mol. The third kappa shape index (κ3) is 9.72. The Morgan fingerprint density at radius 2 is 1.31 bits per heavy atom. The Kier molecular flexibility index (Phi) is 12.5. The van der Waals surface area contributed by atoms with Gasteiger partial charge in [-0.2, -0.15) is 10.2 Å². The van der Waals surface area contributed by atoms with Crippen molar-refractivity contribution >= 4 is 0 Å². The van der Waals surface area contributed by atoms with Crippen molar-refractivity contribution in [2.45, 2.75) is 20.8 Å². The summed E-state index contributed by atoms with van der Waals surface area (Å²) in [7, 11) is 0. The summed E-state index contributed by atoms with van der Waals surface area (Å²) in [5.41, 5.74) is 5.42. The third-order valence-corrected chi connectivity index (χ3v) is 5.61. The SMILES string of the molecule is C=CCOc1ccnc(-c2[c-]ccc(C)c2)c1.Cc1ccnc(-n2cccn2)c1.Cc1ccnc(-n2cccn2)c1.[Os+]. The summed E-state index contributed by atoms with van der Waals surface area (Å²) < 4.78 is 8.96. The van der Waals surface area contributed by atoms with E-state index in [0.717, 1.165) is 28.6 Å². The van der Waals surface area contributed by atoms with Crippen molar-refractivity contribution in [3.05, 3.63) is 146 Å². The molecule has 0 bridgehead atoms. The molecule has 0 N–H and O–H groups in total. The number of ether oxygens (including phenoxy) is 1. The fourth-order valence-electron chi connectivity index (χ4n) is 3.63. The molecule has 5 heterocycles. The van der Waals surface area contributed by atoms with Gasteiger partial charge in [-0.1, -0.05) is 19.6 Å². The number of pyridine rings is 3. The Bertz CT molecular complexity index is 1580. The van der Waals surface area contributed by atoms with Gasteiger partial charge in [0.1, 0.15) is 12.4 Å². The van der Waals surface area contributed by atoms with Crippen LogP contribution in [-0.4, -0.2) is 41.1 Å². The van der Waals surface area contributed by atoms with Crippen molar-refractivity contribution in [1.82, 2.24) is 34.5 Å². The van der Waals surface area contributed by atoms with Crippen molar-refractivity contribution in [3.8, 4) is 28.6 Å². The van der Waals surface area contributed by atoms with E-state index in [4.69, 9.17) is 4.74 Å². The standard InChI is InChI=1S/C15H14NO.2C9H9N3.Os/c1-3-9-17-14-7-8-16-15(11-14)13-6-4-5-12(2)10-13;2*1-8-3-5-10-9(7-8)12-6-2-4-11-12;/h3-5,7-8,10-11H,1,9H2,2H3;2*2-7H,1H3;/q-1;;;+1. The Balaban J connectivity index is 0.000000175. The molecule has 8 nitrogen and oxygen atoms in total. The van der Waals surface area contributed by atoms with Crippen LogP contribution < -0.4 is 4.74 Å². The first-order valence-electron chi connectivity index (χ1n) is 13.1. The summed E-state index contributed by atoms with van der Waals surface area (Å²) in [4.78, 5) is 12.7. The predicted octanol–water partition coefficient (Wildman–Crippen LogP) is 6.57. The molecule has 6 aromatic rings. The van der Waals surface area contributed by atoms with Crippen LogP contribution in [0.3, 0.4) is 0 Å². The maximum absolute atomic E-state index is 5.48. The number of benzene rings is 1. The number of hydrogen-bond donors (Lipinski definition) is 0. The van der Waals surface area contributed by atoms with Gasteiger partial charge in [0.15, 0.2) is 11.6 Å². The largest absolute Gasteiger partial charge is 1.00 e. The minimum absolute atomic E-state index is 0. The van der Waals surface area contributed by atoms with Gasteiger partial charge in [0.2, 0.25) is 0 Å². The molecule has 0 spiro atoms. The fourth-order valence-corrected chi connectivity index (χ4v) is 3.63. The Hall–Kier alpha value is -4.73. The molecule has 9 heteroatoms. The van der Waals surface area contributed by atoms with Crippen molar-refractivity contribution in [3.63, 3.8) is 0 Å². The van der Waals surface area contributed by atoms with Crippen LogP contribution in [0, 0.1) is 26.8 Å². The van der Waals surface area contributed by atoms with Gasteiger partial charge in [-0.15, -0.1) is 35.4 Å². The summed E-state index contributed by atoms with van der Waals surface area (Å²) >= 11 is 0. The van der Waals surface area contributed by atoms with Crippen LogP contribution in [0.25, 0.3) is 22.9 Å². The van der Waals surface area contributed by atoms with Gasteiger partial charge in [-0.25, -0.2) is 19.3 Å². The zero-order valence-corrected chi connectivity index (χ0v) is 26.3. The Morgan fingerprint density at radius 1 is 0.738 bits per heavy atom. The average Bonchev–Trinajstić information content (AvgIpc) is 3.73. The van der Waals surface area contributed by atoms with Gasteiger partial charge in [0, 0.05) is 43.4 Å².